The highest BCUT2D eigenvalue weighted by Crippen LogP contribution is 2.26. The van der Waals surface area contributed by atoms with Crippen LogP contribution in [-0.2, 0) is 20.7 Å². The number of benzene rings is 1. The van der Waals surface area contributed by atoms with Crippen LogP contribution in [0.25, 0.3) is 0 Å². The SMILES string of the molecule is CCCCCN(C(=O)C(NC(=O)OC(C)(C)C)C(C)CC)C(C(=O)NC(C)CCC)c1ccc(CC)cc1. The van der Waals surface area contributed by atoms with Gasteiger partial charge in [-0.05, 0) is 64.0 Å². The van der Waals surface area contributed by atoms with Gasteiger partial charge in [-0.1, -0.05) is 84.6 Å². The van der Waals surface area contributed by atoms with E-state index in [2.05, 4.69) is 31.4 Å². The molecule has 1 aromatic carbocycles. The molecule has 0 aromatic heterocycles. The number of amides is 3. The summed E-state index contributed by atoms with van der Waals surface area (Å²) in [7, 11) is 0. The van der Waals surface area contributed by atoms with E-state index >= 15 is 0 Å². The molecule has 0 aliphatic rings. The highest BCUT2D eigenvalue weighted by atomic mass is 16.6. The first-order valence-corrected chi connectivity index (χ1v) is 14.6. The molecule has 0 saturated carbocycles. The van der Waals surface area contributed by atoms with Crippen molar-refractivity contribution >= 4 is 17.9 Å². The molecule has 0 fully saturated rings. The predicted octanol–water partition coefficient (Wildman–Crippen LogP) is 6.55. The Bertz CT molecular complexity index is 863. The van der Waals surface area contributed by atoms with Gasteiger partial charge < -0.3 is 20.3 Å². The van der Waals surface area contributed by atoms with Gasteiger partial charge in [-0.25, -0.2) is 4.79 Å². The maximum Gasteiger partial charge on any atom is 0.408 e. The van der Waals surface area contributed by atoms with Gasteiger partial charge >= 0.3 is 6.09 Å². The molecule has 7 heteroatoms. The topological polar surface area (TPSA) is 87.7 Å². The zero-order chi connectivity index (χ0) is 28.9. The Morgan fingerprint density at radius 3 is 2.05 bits per heavy atom. The van der Waals surface area contributed by atoms with E-state index in [0.29, 0.717) is 13.0 Å². The lowest BCUT2D eigenvalue weighted by Crippen LogP contribution is -2.55. The Balaban J connectivity index is 3.53. The fourth-order valence-electron chi connectivity index (χ4n) is 4.43. The maximum atomic E-state index is 14.3. The van der Waals surface area contributed by atoms with Crippen molar-refractivity contribution in [2.45, 2.75) is 131 Å². The fourth-order valence-corrected chi connectivity index (χ4v) is 4.43. The third-order valence-corrected chi connectivity index (χ3v) is 6.81. The number of hydrogen-bond donors (Lipinski definition) is 2. The van der Waals surface area contributed by atoms with E-state index in [9.17, 15) is 14.4 Å². The van der Waals surface area contributed by atoms with Crippen molar-refractivity contribution < 1.29 is 19.1 Å². The molecular weight excluding hydrogens is 478 g/mol. The average molecular weight is 532 g/mol. The largest absolute Gasteiger partial charge is 0.444 e. The standard InChI is InChI=1S/C31H53N3O4/c1-10-14-15-21-34(29(36)26(22(5)12-3)33-30(37)38-31(7,8)9)27(28(35)32-23(6)16-11-2)25-19-17-24(13-4)18-20-25/h17-20,22-23,26-27H,10-16,21H2,1-9H3,(H,32,35)(H,33,37). The number of carbonyl (C=O) groups excluding carboxylic acids is 3. The Morgan fingerprint density at radius 1 is 0.921 bits per heavy atom. The van der Waals surface area contributed by atoms with Crippen molar-refractivity contribution in [3.63, 3.8) is 0 Å². The monoisotopic (exact) mass is 531 g/mol. The van der Waals surface area contributed by atoms with Gasteiger partial charge in [0.15, 0.2) is 0 Å². The second-order valence-corrected chi connectivity index (χ2v) is 11.4. The Morgan fingerprint density at radius 2 is 1.55 bits per heavy atom. The molecule has 0 radical (unpaired) electrons. The molecular formula is C31H53N3O4. The van der Waals surface area contributed by atoms with Crippen molar-refractivity contribution in [1.82, 2.24) is 15.5 Å². The molecule has 4 atom stereocenters. The van der Waals surface area contributed by atoms with Crippen LogP contribution < -0.4 is 10.6 Å². The van der Waals surface area contributed by atoms with E-state index in [0.717, 1.165) is 44.1 Å². The quantitative estimate of drug-likeness (QED) is 0.251. The number of nitrogens with one attached hydrogen (secondary N) is 2. The number of carbonyl (C=O) groups is 3. The molecule has 3 amide bonds. The van der Waals surface area contributed by atoms with Crippen molar-refractivity contribution in [3.05, 3.63) is 35.4 Å². The molecule has 1 rings (SSSR count). The molecule has 7 nitrogen and oxygen atoms in total. The number of nitrogens with zero attached hydrogens (tertiary/aromatic N) is 1. The molecule has 38 heavy (non-hydrogen) atoms. The van der Waals surface area contributed by atoms with E-state index < -0.39 is 23.8 Å². The van der Waals surface area contributed by atoms with E-state index in [1.807, 2.05) is 45.0 Å². The molecule has 4 unspecified atom stereocenters. The van der Waals surface area contributed by atoms with Crippen LogP contribution >= 0.6 is 0 Å². The third kappa shape index (κ3) is 11.0. The summed E-state index contributed by atoms with van der Waals surface area (Å²) in [6.45, 7) is 18.0. The molecule has 0 spiro atoms. The summed E-state index contributed by atoms with van der Waals surface area (Å²) in [5.41, 5.74) is 1.25. The number of rotatable bonds is 15. The second kappa shape index (κ2) is 16.4. The third-order valence-electron chi connectivity index (χ3n) is 6.81. The smallest absolute Gasteiger partial charge is 0.408 e. The number of alkyl carbamates (subject to hydrolysis) is 1. The lowest BCUT2D eigenvalue weighted by atomic mass is 9.95. The zero-order valence-corrected chi connectivity index (χ0v) is 25.4. The molecule has 0 aliphatic heterocycles. The van der Waals surface area contributed by atoms with Crippen LogP contribution in [0.4, 0.5) is 4.79 Å². The summed E-state index contributed by atoms with van der Waals surface area (Å²) in [5, 5.41) is 5.98. The molecule has 1 aromatic rings. The van der Waals surface area contributed by atoms with Crippen LogP contribution in [0.1, 0.15) is 118 Å². The van der Waals surface area contributed by atoms with Crippen molar-refractivity contribution in [1.29, 1.82) is 0 Å². The number of aryl methyl sites for hydroxylation is 1. The number of ether oxygens (including phenoxy) is 1. The minimum absolute atomic E-state index is 0.0113. The molecule has 0 heterocycles. The van der Waals surface area contributed by atoms with Crippen molar-refractivity contribution in [2.24, 2.45) is 5.92 Å². The number of hydrogen-bond acceptors (Lipinski definition) is 4. The minimum Gasteiger partial charge on any atom is -0.444 e. The summed E-state index contributed by atoms with van der Waals surface area (Å²) in [6.07, 6.45) is 5.44. The van der Waals surface area contributed by atoms with Crippen LogP contribution in [0.5, 0.6) is 0 Å². The van der Waals surface area contributed by atoms with E-state index in [1.54, 1.807) is 25.7 Å². The lowest BCUT2D eigenvalue weighted by molar-refractivity contribution is -0.143. The van der Waals surface area contributed by atoms with Gasteiger partial charge in [0.2, 0.25) is 11.8 Å². The predicted molar refractivity (Wildman–Crippen MR) is 155 cm³/mol. The van der Waals surface area contributed by atoms with Crippen LogP contribution in [0.2, 0.25) is 0 Å². The van der Waals surface area contributed by atoms with E-state index in [-0.39, 0.29) is 23.8 Å². The van der Waals surface area contributed by atoms with Gasteiger partial charge in [-0.15, -0.1) is 0 Å². The van der Waals surface area contributed by atoms with Gasteiger partial charge in [0, 0.05) is 12.6 Å². The molecule has 216 valence electrons. The van der Waals surface area contributed by atoms with Gasteiger partial charge in [0.1, 0.15) is 17.7 Å². The summed E-state index contributed by atoms with van der Waals surface area (Å²) in [5.74, 6) is -0.599. The van der Waals surface area contributed by atoms with Crippen molar-refractivity contribution in [3.8, 4) is 0 Å². The molecule has 2 N–H and O–H groups in total. The Hall–Kier alpha value is -2.57. The van der Waals surface area contributed by atoms with Crippen LogP contribution in [0, 0.1) is 5.92 Å². The Kier molecular flexibility index (Phi) is 14.4. The van der Waals surface area contributed by atoms with Crippen LogP contribution in [0.15, 0.2) is 24.3 Å². The van der Waals surface area contributed by atoms with Gasteiger partial charge in [0.05, 0.1) is 0 Å². The highest BCUT2D eigenvalue weighted by Gasteiger charge is 2.38. The minimum atomic E-state index is -0.810. The van der Waals surface area contributed by atoms with Crippen molar-refractivity contribution in [2.75, 3.05) is 6.54 Å². The normalized spacial score (nSPS) is 14.7. The van der Waals surface area contributed by atoms with Crippen LogP contribution in [-0.4, -0.2) is 47.0 Å². The van der Waals surface area contributed by atoms with E-state index in [4.69, 9.17) is 4.74 Å². The van der Waals surface area contributed by atoms with Gasteiger partial charge in [-0.3, -0.25) is 9.59 Å². The van der Waals surface area contributed by atoms with Gasteiger partial charge in [-0.2, -0.15) is 0 Å². The summed E-state index contributed by atoms with van der Waals surface area (Å²) in [4.78, 5) is 42.5. The van der Waals surface area contributed by atoms with Crippen LogP contribution in [0.3, 0.4) is 0 Å². The number of unbranched alkanes of at least 4 members (excludes halogenated alkanes) is 2. The summed E-state index contributed by atoms with van der Waals surface area (Å²) < 4.78 is 5.49. The first-order chi connectivity index (χ1) is 17.9. The lowest BCUT2D eigenvalue weighted by Gasteiger charge is -2.36. The zero-order valence-electron chi connectivity index (χ0n) is 25.4. The maximum absolute atomic E-state index is 14.3. The molecule has 0 saturated heterocycles. The Labute approximate surface area is 231 Å². The summed E-state index contributed by atoms with van der Waals surface area (Å²) >= 11 is 0. The second-order valence-electron chi connectivity index (χ2n) is 11.4. The summed E-state index contributed by atoms with van der Waals surface area (Å²) in [6, 6.07) is 6.32. The molecule has 0 aliphatic carbocycles. The average Bonchev–Trinajstić information content (AvgIpc) is 2.85. The highest BCUT2D eigenvalue weighted by molar-refractivity contribution is 5.92. The fraction of sp³-hybridized carbons (Fsp3) is 0.710. The van der Waals surface area contributed by atoms with E-state index in [1.165, 1.54) is 5.56 Å². The first-order valence-electron chi connectivity index (χ1n) is 14.6. The first kappa shape index (κ1) is 33.5. The van der Waals surface area contributed by atoms with Gasteiger partial charge in [0.25, 0.3) is 0 Å². The molecule has 0 bridgehead atoms.